The molecule has 0 fully saturated rings. The summed E-state index contributed by atoms with van der Waals surface area (Å²) in [5.74, 6) is 0.0187. The predicted molar refractivity (Wildman–Crippen MR) is 72.4 cm³/mol. The van der Waals surface area contributed by atoms with Crippen LogP contribution in [0.2, 0.25) is 0 Å². The zero-order valence-corrected chi connectivity index (χ0v) is 11.7. The fraction of sp³-hybridized carbons (Fsp3) is 0.538. The lowest BCUT2D eigenvalue weighted by Crippen LogP contribution is -2.36. The first-order valence-electron chi connectivity index (χ1n) is 6.13. The third-order valence-electron chi connectivity index (χ3n) is 2.74. The Bertz CT molecular complexity index is 465. The Hall–Kier alpha value is -0.910. The SMILES string of the molecule is CCNC(CCO)CS(=O)(=O)c1cccc(C)c1. The molecule has 1 aromatic carbocycles. The van der Waals surface area contributed by atoms with Gasteiger partial charge in [-0.3, -0.25) is 0 Å². The summed E-state index contributed by atoms with van der Waals surface area (Å²) in [5.41, 5.74) is 0.929. The number of rotatable bonds is 7. The van der Waals surface area contributed by atoms with E-state index < -0.39 is 9.84 Å². The highest BCUT2D eigenvalue weighted by Gasteiger charge is 2.20. The molecule has 4 nitrogen and oxygen atoms in total. The van der Waals surface area contributed by atoms with Crippen LogP contribution in [-0.4, -0.2) is 38.5 Å². The summed E-state index contributed by atoms with van der Waals surface area (Å²) in [6, 6.07) is 6.71. The first-order valence-corrected chi connectivity index (χ1v) is 7.78. The lowest BCUT2D eigenvalue weighted by Gasteiger charge is -2.17. The summed E-state index contributed by atoms with van der Waals surface area (Å²) in [5, 5.41) is 12.0. The van der Waals surface area contributed by atoms with Crippen molar-refractivity contribution in [2.24, 2.45) is 0 Å². The fourth-order valence-electron chi connectivity index (χ4n) is 1.86. The molecule has 0 amide bonds. The normalized spacial score (nSPS) is 13.5. The van der Waals surface area contributed by atoms with Gasteiger partial charge in [0.15, 0.2) is 9.84 Å². The molecule has 102 valence electrons. The van der Waals surface area contributed by atoms with Crippen LogP contribution in [0.5, 0.6) is 0 Å². The molecule has 0 aliphatic carbocycles. The Morgan fingerprint density at radius 1 is 1.39 bits per heavy atom. The van der Waals surface area contributed by atoms with E-state index in [-0.39, 0.29) is 18.4 Å². The van der Waals surface area contributed by atoms with Crippen molar-refractivity contribution in [2.75, 3.05) is 18.9 Å². The molecule has 0 aliphatic heterocycles. The van der Waals surface area contributed by atoms with Gasteiger partial charge >= 0.3 is 0 Å². The van der Waals surface area contributed by atoms with Crippen molar-refractivity contribution in [3.63, 3.8) is 0 Å². The Morgan fingerprint density at radius 3 is 2.67 bits per heavy atom. The Balaban J connectivity index is 2.86. The van der Waals surface area contributed by atoms with E-state index in [4.69, 9.17) is 5.11 Å². The molecule has 0 aromatic heterocycles. The summed E-state index contributed by atoms with van der Waals surface area (Å²) in [6.07, 6.45) is 0.443. The quantitative estimate of drug-likeness (QED) is 0.780. The maximum Gasteiger partial charge on any atom is 0.179 e. The predicted octanol–water partition coefficient (Wildman–Crippen LogP) is 1.13. The molecule has 1 rings (SSSR count). The van der Waals surface area contributed by atoms with Crippen LogP contribution in [0.1, 0.15) is 18.9 Å². The zero-order chi connectivity index (χ0) is 13.6. The maximum absolute atomic E-state index is 12.2. The smallest absolute Gasteiger partial charge is 0.179 e. The molecule has 1 aromatic rings. The average Bonchev–Trinajstić information content (AvgIpc) is 2.29. The molecule has 0 heterocycles. The van der Waals surface area contributed by atoms with Crippen LogP contribution in [0.15, 0.2) is 29.2 Å². The van der Waals surface area contributed by atoms with Gasteiger partial charge in [0.05, 0.1) is 10.6 Å². The molecule has 0 aliphatic rings. The van der Waals surface area contributed by atoms with Crippen molar-refractivity contribution in [2.45, 2.75) is 31.2 Å². The number of hydrogen-bond donors (Lipinski definition) is 2. The molecule has 0 radical (unpaired) electrons. The van der Waals surface area contributed by atoms with E-state index in [0.29, 0.717) is 17.9 Å². The van der Waals surface area contributed by atoms with Crippen LogP contribution in [0, 0.1) is 6.92 Å². The Morgan fingerprint density at radius 2 is 2.11 bits per heavy atom. The number of aliphatic hydroxyl groups excluding tert-OH is 1. The van der Waals surface area contributed by atoms with E-state index in [2.05, 4.69) is 5.32 Å². The van der Waals surface area contributed by atoms with E-state index in [1.54, 1.807) is 18.2 Å². The molecular weight excluding hydrogens is 250 g/mol. The van der Waals surface area contributed by atoms with E-state index in [1.165, 1.54) is 0 Å². The lowest BCUT2D eigenvalue weighted by molar-refractivity contribution is 0.270. The first kappa shape index (κ1) is 15.1. The van der Waals surface area contributed by atoms with Gasteiger partial charge in [0, 0.05) is 12.6 Å². The third kappa shape index (κ3) is 4.40. The van der Waals surface area contributed by atoms with Gasteiger partial charge in [-0.25, -0.2) is 8.42 Å². The van der Waals surface area contributed by atoms with Gasteiger partial charge < -0.3 is 10.4 Å². The highest BCUT2D eigenvalue weighted by atomic mass is 32.2. The van der Waals surface area contributed by atoms with Crippen molar-refractivity contribution in [1.29, 1.82) is 0 Å². The summed E-state index contributed by atoms with van der Waals surface area (Å²) in [4.78, 5) is 0.350. The Labute approximate surface area is 109 Å². The van der Waals surface area contributed by atoms with Crippen molar-refractivity contribution in [3.05, 3.63) is 29.8 Å². The van der Waals surface area contributed by atoms with E-state index in [0.717, 1.165) is 5.56 Å². The van der Waals surface area contributed by atoms with Crippen LogP contribution >= 0.6 is 0 Å². The number of aryl methyl sites for hydroxylation is 1. The summed E-state index contributed by atoms with van der Waals surface area (Å²) < 4.78 is 24.4. The maximum atomic E-state index is 12.2. The monoisotopic (exact) mass is 271 g/mol. The van der Waals surface area contributed by atoms with Gasteiger partial charge in [-0.2, -0.15) is 0 Å². The Kier molecular flexibility index (Phi) is 5.78. The van der Waals surface area contributed by atoms with E-state index in [1.807, 2.05) is 19.9 Å². The highest BCUT2D eigenvalue weighted by molar-refractivity contribution is 7.91. The van der Waals surface area contributed by atoms with Crippen molar-refractivity contribution in [1.82, 2.24) is 5.32 Å². The number of hydrogen-bond acceptors (Lipinski definition) is 4. The van der Waals surface area contributed by atoms with Crippen LogP contribution < -0.4 is 5.32 Å². The topological polar surface area (TPSA) is 66.4 Å². The molecule has 1 unspecified atom stereocenters. The number of sulfone groups is 1. The minimum Gasteiger partial charge on any atom is -0.396 e. The van der Waals surface area contributed by atoms with Crippen LogP contribution in [0.25, 0.3) is 0 Å². The molecule has 0 saturated heterocycles. The summed E-state index contributed by atoms with van der Waals surface area (Å²) in [6.45, 7) is 4.47. The molecule has 0 spiro atoms. The molecule has 2 N–H and O–H groups in total. The summed E-state index contributed by atoms with van der Waals surface area (Å²) in [7, 11) is -3.30. The third-order valence-corrected chi connectivity index (χ3v) is 4.55. The number of benzene rings is 1. The van der Waals surface area contributed by atoms with E-state index >= 15 is 0 Å². The van der Waals surface area contributed by atoms with Crippen LogP contribution in [-0.2, 0) is 9.84 Å². The second-order valence-electron chi connectivity index (χ2n) is 4.36. The summed E-state index contributed by atoms with van der Waals surface area (Å²) >= 11 is 0. The zero-order valence-electron chi connectivity index (χ0n) is 10.9. The lowest BCUT2D eigenvalue weighted by atomic mass is 10.2. The molecule has 1 atom stereocenters. The second kappa shape index (κ2) is 6.87. The standard InChI is InChI=1S/C13H21NO3S/c1-3-14-12(7-8-15)10-18(16,17)13-6-4-5-11(2)9-13/h4-6,9,12,14-15H,3,7-8,10H2,1-2H3. The minimum atomic E-state index is -3.30. The van der Waals surface area contributed by atoms with Gasteiger partial charge in [-0.1, -0.05) is 19.1 Å². The number of nitrogens with one attached hydrogen (secondary N) is 1. The molecule has 5 heteroatoms. The largest absolute Gasteiger partial charge is 0.396 e. The number of aliphatic hydroxyl groups is 1. The van der Waals surface area contributed by atoms with Gasteiger partial charge in [0.25, 0.3) is 0 Å². The van der Waals surface area contributed by atoms with Gasteiger partial charge in [0.2, 0.25) is 0 Å². The molecular formula is C13H21NO3S. The average molecular weight is 271 g/mol. The molecule has 0 saturated carbocycles. The molecule has 18 heavy (non-hydrogen) atoms. The fourth-order valence-corrected chi connectivity index (χ4v) is 3.52. The highest BCUT2D eigenvalue weighted by Crippen LogP contribution is 2.14. The first-order chi connectivity index (χ1) is 8.49. The van der Waals surface area contributed by atoms with Crippen molar-refractivity contribution < 1.29 is 13.5 Å². The van der Waals surface area contributed by atoms with Gasteiger partial charge in [-0.15, -0.1) is 0 Å². The van der Waals surface area contributed by atoms with E-state index in [9.17, 15) is 8.42 Å². The minimum absolute atomic E-state index is 0.0129. The van der Waals surface area contributed by atoms with Crippen molar-refractivity contribution in [3.8, 4) is 0 Å². The van der Waals surface area contributed by atoms with Crippen molar-refractivity contribution >= 4 is 9.84 Å². The van der Waals surface area contributed by atoms with Gasteiger partial charge in [0.1, 0.15) is 0 Å². The van der Waals surface area contributed by atoms with Crippen LogP contribution in [0.3, 0.4) is 0 Å². The second-order valence-corrected chi connectivity index (χ2v) is 6.40. The molecule has 0 bridgehead atoms. The van der Waals surface area contributed by atoms with Gasteiger partial charge in [-0.05, 0) is 37.6 Å². The van der Waals surface area contributed by atoms with Crippen LogP contribution in [0.4, 0.5) is 0 Å².